The standard InChI is InChI=1S/C29H31F5N2O5/c1-28(27(38)36-14-19-11-20(29(32,33)34)13-24(31)25(19)40-16-36)8-5-21(15-41-28)35-9-6-17(7-10-35)18-3-4-23(30)22(12-18)26(37)39-2/h3-4,11-13,17,21H,5-10,14-16H2,1-2H3/t21-,28-/m1/s1. The highest BCUT2D eigenvalue weighted by molar-refractivity contribution is 5.89. The van der Waals surface area contributed by atoms with E-state index in [1.54, 1.807) is 19.1 Å². The fourth-order valence-corrected chi connectivity index (χ4v) is 5.95. The maximum absolute atomic E-state index is 14.2. The molecule has 7 nitrogen and oxygen atoms in total. The number of fused-ring (bicyclic) bond motifs is 1. The molecule has 3 aliphatic heterocycles. The summed E-state index contributed by atoms with van der Waals surface area (Å²) in [5, 5.41) is 0. The average Bonchev–Trinajstić information content (AvgIpc) is 2.96. The summed E-state index contributed by atoms with van der Waals surface area (Å²) in [5.41, 5.74) is -1.56. The zero-order valence-corrected chi connectivity index (χ0v) is 22.7. The van der Waals surface area contributed by atoms with Gasteiger partial charge in [0.25, 0.3) is 5.91 Å². The van der Waals surface area contributed by atoms with E-state index in [0.29, 0.717) is 25.5 Å². The second-order valence-electron chi connectivity index (χ2n) is 11.0. The van der Waals surface area contributed by atoms with E-state index in [4.69, 9.17) is 9.47 Å². The van der Waals surface area contributed by atoms with Gasteiger partial charge >= 0.3 is 12.1 Å². The molecule has 3 heterocycles. The van der Waals surface area contributed by atoms with Gasteiger partial charge in [0.1, 0.15) is 11.4 Å². The van der Waals surface area contributed by atoms with E-state index in [-0.39, 0.29) is 42.1 Å². The van der Waals surface area contributed by atoms with Crippen LogP contribution in [0.15, 0.2) is 30.3 Å². The number of carbonyl (C=O) groups excluding carboxylic acids is 2. The fraction of sp³-hybridized carbons (Fsp3) is 0.517. The van der Waals surface area contributed by atoms with E-state index in [9.17, 15) is 31.5 Å². The molecule has 41 heavy (non-hydrogen) atoms. The molecule has 0 saturated carbocycles. The van der Waals surface area contributed by atoms with Gasteiger partial charge in [0.05, 0.1) is 31.4 Å². The highest BCUT2D eigenvalue weighted by atomic mass is 19.4. The van der Waals surface area contributed by atoms with Gasteiger partial charge in [0.2, 0.25) is 0 Å². The number of methoxy groups -OCH3 is 1. The lowest BCUT2D eigenvalue weighted by Crippen LogP contribution is -2.56. The van der Waals surface area contributed by atoms with Gasteiger partial charge in [-0.2, -0.15) is 13.2 Å². The number of rotatable bonds is 4. The molecule has 0 unspecified atom stereocenters. The van der Waals surface area contributed by atoms with E-state index in [1.807, 2.05) is 0 Å². The lowest BCUT2D eigenvalue weighted by Gasteiger charge is -2.45. The van der Waals surface area contributed by atoms with Crippen LogP contribution in [0.5, 0.6) is 5.75 Å². The highest BCUT2D eigenvalue weighted by Gasteiger charge is 2.44. The molecule has 2 fully saturated rings. The normalized spacial score (nSPS) is 24.0. The zero-order valence-electron chi connectivity index (χ0n) is 22.7. The number of ether oxygens (including phenoxy) is 3. The lowest BCUT2D eigenvalue weighted by atomic mass is 9.86. The molecule has 0 N–H and O–H groups in total. The third kappa shape index (κ3) is 5.90. The van der Waals surface area contributed by atoms with Gasteiger partial charge in [-0.15, -0.1) is 0 Å². The van der Waals surface area contributed by atoms with Crippen LogP contribution in [0.1, 0.15) is 65.6 Å². The van der Waals surface area contributed by atoms with Crippen LogP contribution in [0, 0.1) is 11.6 Å². The molecule has 1 amide bonds. The highest BCUT2D eigenvalue weighted by Crippen LogP contribution is 2.38. The summed E-state index contributed by atoms with van der Waals surface area (Å²) in [6.07, 6.45) is -2.04. The summed E-state index contributed by atoms with van der Waals surface area (Å²) in [6, 6.07) is 5.83. The molecule has 12 heteroatoms. The predicted molar refractivity (Wildman–Crippen MR) is 136 cm³/mol. The SMILES string of the molecule is COC(=O)c1cc(C2CCN([C@@H]3CC[C@](C)(C(=O)N4COc5c(F)cc(C(F)(F)F)cc5C4)OC3)CC2)ccc1F. The number of carbonyl (C=O) groups is 2. The number of nitrogens with zero attached hydrogens (tertiary/aromatic N) is 2. The molecule has 0 aliphatic carbocycles. The van der Waals surface area contributed by atoms with Gasteiger partial charge in [-0.1, -0.05) is 6.07 Å². The molecule has 2 aromatic rings. The third-order valence-electron chi connectivity index (χ3n) is 8.38. The molecule has 0 radical (unpaired) electrons. The third-order valence-corrected chi connectivity index (χ3v) is 8.38. The number of esters is 1. The molecular formula is C29H31F5N2O5. The summed E-state index contributed by atoms with van der Waals surface area (Å²) < 4.78 is 83.9. The predicted octanol–water partition coefficient (Wildman–Crippen LogP) is 5.27. The first kappa shape index (κ1) is 29.2. The van der Waals surface area contributed by atoms with Crippen LogP contribution >= 0.6 is 0 Å². The Morgan fingerprint density at radius 1 is 1.05 bits per heavy atom. The van der Waals surface area contributed by atoms with Crippen molar-refractivity contribution in [2.75, 3.05) is 33.5 Å². The van der Waals surface area contributed by atoms with Crippen molar-refractivity contribution in [1.82, 2.24) is 9.80 Å². The Morgan fingerprint density at radius 3 is 2.41 bits per heavy atom. The van der Waals surface area contributed by atoms with E-state index in [0.717, 1.165) is 37.6 Å². The second kappa shape index (κ2) is 11.2. The Bertz CT molecular complexity index is 1320. The molecule has 3 aliphatic rings. The number of hydrogen-bond acceptors (Lipinski definition) is 6. The van der Waals surface area contributed by atoms with Crippen molar-refractivity contribution >= 4 is 11.9 Å². The minimum absolute atomic E-state index is 0.0445. The van der Waals surface area contributed by atoms with Crippen molar-refractivity contribution in [2.24, 2.45) is 0 Å². The van der Waals surface area contributed by atoms with Crippen LogP contribution < -0.4 is 4.74 Å². The lowest BCUT2D eigenvalue weighted by molar-refractivity contribution is -0.172. The van der Waals surface area contributed by atoms with E-state index < -0.39 is 40.9 Å². The van der Waals surface area contributed by atoms with Gasteiger partial charge < -0.3 is 19.1 Å². The van der Waals surface area contributed by atoms with E-state index >= 15 is 0 Å². The number of likely N-dealkylation sites (tertiary alicyclic amines) is 1. The maximum atomic E-state index is 14.2. The topological polar surface area (TPSA) is 68.3 Å². The summed E-state index contributed by atoms with van der Waals surface area (Å²) >= 11 is 0. The summed E-state index contributed by atoms with van der Waals surface area (Å²) in [7, 11) is 1.21. The Hall–Kier alpha value is -3.25. The fourth-order valence-electron chi connectivity index (χ4n) is 5.95. The van der Waals surface area contributed by atoms with Gasteiger partial charge in [0.15, 0.2) is 18.3 Å². The van der Waals surface area contributed by atoms with Crippen molar-refractivity contribution < 1.29 is 45.8 Å². The van der Waals surface area contributed by atoms with Gasteiger partial charge in [-0.25, -0.2) is 13.6 Å². The second-order valence-corrected chi connectivity index (χ2v) is 11.0. The van der Waals surface area contributed by atoms with Gasteiger partial charge in [-0.3, -0.25) is 9.69 Å². The van der Waals surface area contributed by atoms with Crippen molar-refractivity contribution in [2.45, 2.75) is 62.9 Å². The van der Waals surface area contributed by atoms with E-state index in [1.165, 1.54) is 18.1 Å². The minimum Gasteiger partial charge on any atom is -0.470 e. The summed E-state index contributed by atoms with van der Waals surface area (Å²) in [6.45, 7) is 2.98. The Balaban J connectivity index is 1.17. The molecule has 2 aromatic carbocycles. The average molecular weight is 583 g/mol. The summed E-state index contributed by atoms with van der Waals surface area (Å²) in [5.74, 6) is -2.97. The van der Waals surface area contributed by atoms with Crippen LogP contribution in [-0.2, 0) is 27.0 Å². The van der Waals surface area contributed by atoms with Crippen molar-refractivity contribution in [1.29, 1.82) is 0 Å². The largest absolute Gasteiger partial charge is 0.470 e. The monoisotopic (exact) mass is 582 g/mol. The smallest absolute Gasteiger partial charge is 0.416 e. The minimum atomic E-state index is -4.73. The van der Waals surface area contributed by atoms with Crippen molar-refractivity contribution in [3.8, 4) is 5.75 Å². The number of amides is 1. The van der Waals surface area contributed by atoms with Crippen LogP contribution in [0.2, 0.25) is 0 Å². The van der Waals surface area contributed by atoms with E-state index in [2.05, 4.69) is 9.64 Å². The molecule has 0 spiro atoms. The van der Waals surface area contributed by atoms with Gasteiger partial charge in [-0.05, 0) is 81.4 Å². The molecule has 222 valence electrons. The van der Waals surface area contributed by atoms with Crippen molar-refractivity contribution in [3.63, 3.8) is 0 Å². The van der Waals surface area contributed by atoms with Crippen LogP contribution in [-0.4, -0.2) is 66.9 Å². The van der Waals surface area contributed by atoms with Crippen LogP contribution in [0.3, 0.4) is 0 Å². The number of piperidine rings is 1. The molecule has 2 atom stereocenters. The zero-order chi connectivity index (χ0) is 29.5. The van der Waals surface area contributed by atoms with Crippen LogP contribution in [0.4, 0.5) is 22.0 Å². The number of halogens is 5. The number of alkyl halides is 3. The number of hydrogen-bond donors (Lipinski definition) is 0. The first-order valence-electron chi connectivity index (χ1n) is 13.5. The van der Waals surface area contributed by atoms with Crippen LogP contribution in [0.25, 0.3) is 0 Å². The molecular weight excluding hydrogens is 551 g/mol. The van der Waals surface area contributed by atoms with Crippen molar-refractivity contribution in [3.05, 3.63) is 64.2 Å². The molecule has 0 bridgehead atoms. The van der Waals surface area contributed by atoms with Gasteiger partial charge in [0, 0.05) is 11.6 Å². The quantitative estimate of drug-likeness (QED) is 0.362. The Kier molecular flexibility index (Phi) is 7.99. The first-order valence-corrected chi connectivity index (χ1v) is 13.5. The summed E-state index contributed by atoms with van der Waals surface area (Å²) in [4.78, 5) is 28.8. The first-order chi connectivity index (χ1) is 19.4. The Morgan fingerprint density at radius 2 is 1.78 bits per heavy atom. The Labute approximate surface area is 234 Å². The number of benzene rings is 2. The molecule has 0 aromatic heterocycles. The molecule has 2 saturated heterocycles. The maximum Gasteiger partial charge on any atom is 0.416 e. The molecule has 5 rings (SSSR count).